The fourth-order valence-electron chi connectivity index (χ4n) is 1.57. The summed E-state index contributed by atoms with van der Waals surface area (Å²) in [5.74, 6) is -0.0210. The Morgan fingerprint density at radius 1 is 1.14 bits per heavy atom. The van der Waals surface area contributed by atoms with Crippen LogP contribution >= 0.6 is 11.8 Å². The summed E-state index contributed by atoms with van der Waals surface area (Å²) in [4.78, 5) is 10.7. The van der Waals surface area contributed by atoms with Gasteiger partial charge in [-0.25, -0.2) is 13.6 Å². The number of hydrogen-bond donors (Lipinski definition) is 2. The molecule has 0 saturated heterocycles. The molecule has 0 spiro atoms. The second kappa shape index (κ2) is 5.72. The van der Waals surface area contributed by atoms with E-state index in [1.165, 1.54) is 18.2 Å². The molecule has 0 atom stereocenters. The van der Waals surface area contributed by atoms with Crippen LogP contribution in [0.3, 0.4) is 0 Å². The number of phenols is 1. The summed E-state index contributed by atoms with van der Waals surface area (Å²) >= 11 is 0.961. The summed E-state index contributed by atoms with van der Waals surface area (Å²) in [6.07, 6.45) is 0. The molecule has 9 heteroatoms. The van der Waals surface area contributed by atoms with Crippen LogP contribution in [0.5, 0.6) is 5.75 Å². The highest BCUT2D eigenvalue weighted by atomic mass is 32.2. The first-order valence-corrected chi connectivity index (χ1v) is 7.92. The Morgan fingerprint density at radius 2 is 1.81 bits per heavy atom. The Morgan fingerprint density at radius 3 is 2.38 bits per heavy atom. The minimum Gasteiger partial charge on any atom is -0.507 e. The molecule has 0 bridgehead atoms. The highest BCUT2D eigenvalue weighted by Gasteiger charge is 2.20. The molecule has 0 aliphatic heterocycles. The van der Waals surface area contributed by atoms with Gasteiger partial charge in [0.15, 0.2) is 0 Å². The van der Waals surface area contributed by atoms with Crippen LogP contribution in [0.25, 0.3) is 0 Å². The molecule has 0 amide bonds. The maximum Gasteiger partial charge on any atom is 0.284 e. The van der Waals surface area contributed by atoms with Gasteiger partial charge in [-0.1, -0.05) is 23.9 Å². The Balaban J connectivity index is 2.50. The minimum atomic E-state index is -4.02. The third-order valence-electron chi connectivity index (χ3n) is 2.54. The van der Waals surface area contributed by atoms with Crippen LogP contribution in [0.2, 0.25) is 0 Å². The Kier molecular flexibility index (Phi) is 4.16. The normalized spacial score (nSPS) is 11.3. The van der Waals surface area contributed by atoms with Crippen molar-refractivity contribution >= 4 is 27.5 Å². The van der Waals surface area contributed by atoms with Crippen LogP contribution in [0.1, 0.15) is 0 Å². The van der Waals surface area contributed by atoms with Gasteiger partial charge in [0.25, 0.3) is 5.69 Å². The highest BCUT2D eigenvalue weighted by molar-refractivity contribution is 7.99. The summed E-state index contributed by atoms with van der Waals surface area (Å²) < 4.78 is 22.5. The number of nitro groups is 1. The average Bonchev–Trinajstić information content (AvgIpc) is 2.40. The first-order chi connectivity index (χ1) is 9.79. The lowest BCUT2D eigenvalue weighted by molar-refractivity contribution is -0.388. The van der Waals surface area contributed by atoms with E-state index in [2.05, 4.69) is 0 Å². The minimum absolute atomic E-state index is 0.0210. The van der Waals surface area contributed by atoms with Crippen molar-refractivity contribution in [2.45, 2.75) is 14.7 Å². The van der Waals surface area contributed by atoms with Gasteiger partial charge in [0.05, 0.1) is 19.6 Å². The van der Waals surface area contributed by atoms with Crippen LogP contribution in [0, 0.1) is 10.1 Å². The third kappa shape index (κ3) is 3.51. The highest BCUT2D eigenvalue weighted by Crippen LogP contribution is 2.39. The van der Waals surface area contributed by atoms with Crippen molar-refractivity contribution in [2.75, 3.05) is 0 Å². The fourth-order valence-corrected chi connectivity index (χ4v) is 3.03. The second-order valence-electron chi connectivity index (χ2n) is 4.00. The lowest BCUT2D eigenvalue weighted by Gasteiger charge is -2.06. The number of hydrogen-bond acceptors (Lipinski definition) is 6. The summed E-state index contributed by atoms with van der Waals surface area (Å²) in [5.41, 5.74) is -0.394. The first-order valence-electron chi connectivity index (χ1n) is 5.56. The lowest BCUT2D eigenvalue weighted by Crippen LogP contribution is -2.12. The number of primary sulfonamides is 1. The van der Waals surface area contributed by atoms with Gasteiger partial charge in [0, 0.05) is 6.07 Å². The third-order valence-corrected chi connectivity index (χ3v) is 4.58. The SMILES string of the molecule is NS(=O)(=O)c1ccc(Sc2ccccc2O)c([N+](=O)[O-])c1. The van der Waals surface area contributed by atoms with Gasteiger partial charge >= 0.3 is 0 Å². The lowest BCUT2D eigenvalue weighted by atomic mass is 10.3. The van der Waals surface area contributed by atoms with Gasteiger partial charge in [-0.3, -0.25) is 10.1 Å². The van der Waals surface area contributed by atoms with Crippen LogP contribution in [0.15, 0.2) is 57.2 Å². The number of para-hydroxylation sites is 1. The molecule has 0 fully saturated rings. The van der Waals surface area contributed by atoms with E-state index in [0.717, 1.165) is 17.8 Å². The summed E-state index contributed by atoms with van der Waals surface area (Å²) in [5, 5.41) is 25.7. The van der Waals surface area contributed by atoms with Crippen molar-refractivity contribution in [1.82, 2.24) is 0 Å². The number of phenolic OH excluding ortho intramolecular Hbond substituents is 1. The summed E-state index contributed by atoms with van der Waals surface area (Å²) in [6, 6.07) is 9.71. The second-order valence-corrected chi connectivity index (χ2v) is 6.65. The van der Waals surface area contributed by atoms with E-state index < -0.39 is 20.6 Å². The number of nitrogens with two attached hydrogens (primary N) is 1. The van der Waals surface area contributed by atoms with Crippen molar-refractivity contribution in [2.24, 2.45) is 5.14 Å². The zero-order valence-electron chi connectivity index (χ0n) is 10.5. The largest absolute Gasteiger partial charge is 0.507 e. The van der Waals surface area contributed by atoms with Crippen molar-refractivity contribution in [3.63, 3.8) is 0 Å². The van der Waals surface area contributed by atoms with Gasteiger partial charge in [0.2, 0.25) is 10.0 Å². The van der Waals surface area contributed by atoms with Crippen molar-refractivity contribution in [3.8, 4) is 5.75 Å². The predicted octanol–water partition coefficient (Wildman–Crippen LogP) is 2.10. The molecule has 2 aromatic carbocycles. The Bertz CT molecular complexity index is 805. The molecule has 0 unspecified atom stereocenters. The van der Waals surface area contributed by atoms with Crippen LogP contribution in [-0.2, 0) is 10.0 Å². The topological polar surface area (TPSA) is 124 Å². The van der Waals surface area contributed by atoms with Gasteiger partial charge in [0.1, 0.15) is 5.75 Å². The van der Waals surface area contributed by atoms with Gasteiger partial charge in [-0.05, 0) is 24.3 Å². The molecule has 0 aromatic heterocycles. The van der Waals surface area contributed by atoms with Crippen molar-refractivity contribution in [3.05, 3.63) is 52.6 Å². The van der Waals surface area contributed by atoms with Crippen LogP contribution in [0.4, 0.5) is 5.69 Å². The summed E-state index contributed by atoms with van der Waals surface area (Å²) in [7, 11) is -4.02. The molecule has 0 radical (unpaired) electrons. The molecule has 2 rings (SSSR count). The molecule has 110 valence electrons. The molecule has 0 aliphatic carbocycles. The van der Waals surface area contributed by atoms with Gasteiger partial charge in [-0.15, -0.1) is 0 Å². The van der Waals surface area contributed by atoms with E-state index >= 15 is 0 Å². The van der Waals surface area contributed by atoms with Crippen LogP contribution in [-0.4, -0.2) is 18.4 Å². The monoisotopic (exact) mass is 326 g/mol. The van der Waals surface area contributed by atoms with E-state index in [1.807, 2.05) is 0 Å². The van der Waals surface area contributed by atoms with E-state index in [-0.39, 0.29) is 15.5 Å². The Labute approximate surface area is 124 Å². The predicted molar refractivity (Wildman–Crippen MR) is 76.7 cm³/mol. The van der Waals surface area contributed by atoms with E-state index in [0.29, 0.717) is 4.90 Å². The molecule has 0 aliphatic rings. The maximum atomic E-state index is 11.2. The van der Waals surface area contributed by atoms with E-state index in [4.69, 9.17) is 5.14 Å². The van der Waals surface area contributed by atoms with Gasteiger partial charge in [-0.2, -0.15) is 0 Å². The first kappa shape index (κ1) is 15.3. The maximum absolute atomic E-state index is 11.2. The number of nitro benzene ring substituents is 1. The number of nitrogens with zero attached hydrogens (tertiary/aromatic N) is 1. The summed E-state index contributed by atoms with van der Waals surface area (Å²) in [6.45, 7) is 0. The number of benzene rings is 2. The molecule has 0 saturated carbocycles. The quantitative estimate of drug-likeness (QED) is 0.655. The van der Waals surface area contributed by atoms with Crippen LogP contribution < -0.4 is 5.14 Å². The van der Waals surface area contributed by atoms with E-state index in [1.54, 1.807) is 18.2 Å². The number of rotatable bonds is 4. The van der Waals surface area contributed by atoms with Crippen molar-refractivity contribution < 1.29 is 18.4 Å². The average molecular weight is 326 g/mol. The number of sulfonamides is 1. The molecule has 0 heterocycles. The number of aromatic hydroxyl groups is 1. The molecule has 7 nitrogen and oxygen atoms in total. The smallest absolute Gasteiger partial charge is 0.284 e. The molecular weight excluding hydrogens is 316 g/mol. The molecule has 21 heavy (non-hydrogen) atoms. The Hall–Kier alpha value is -2.10. The zero-order valence-corrected chi connectivity index (χ0v) is 12.1. The standard InChI is InChI=1S/C12H10N2O5S2/c13-21(18,19)8-5-6-11(9(7-8)14(16)17)20-12-4-2-1-3-10(12)15/h1-7,15H,(H2,13,18,19). The van der Waals surface area contributed by atoms with E-state index in [9.17, 15) is 23.6 Å². The van der Waals surface area contributed by atoms with Crippen molar-refractivity contribution in [1.29, 1.82) is 0 Å². The fraction of sp³-hybridized carbons (Fsp3) is 0. The molecule has 3 N–H and O–H groups in total. The molecular formula is C12H10N2O5S2. The van der Waals surface area contributed by atoms with Gasteiger partial charge < -0.3 is 5.11 Å². The molecule has 2 aromatic rings. The zero-order chi connectivity index (χ0) is 15.6.